The minimum atomic E-state index is -0.304. The third kappa shape index (κ3) is 3.20. The molecule has 0 spiro atoms. The average Bonchev–Trinajstić information content (AvgIpc) is 2.72. The van der Waals surface area contributed by atoms with Gasteiger partial charge in [-0.25, -0.2) is 4.39 Å². The Kier molecular flexibility index (Phi) is 4.41. The highest BCUT2D eigenvalue weighted by atomic mass is 35.5. The molecule has 1 saturated carbocycles. The lowest BCUT2D eigenvalue weighted by molar-refractivity contribution is 0.405. The molecule has 1 fully saturated rings. The fourth-order valence-electron chi connectivity index (χ4n) is 2.78. The van der Waals surface area contributed by atoms with Gasteiger partial charge in [0.25, 0.3) is 0 Å². The number of hydrogen-bond acceptors (Lipinski definition) is 1. The van der Waals surface area contributed by atoms with E-state index in [1.165, 1.54) is 19.3 Å². The van der Waals surface area contributed by atoms with E-state index in [1.54, 1.807) is 12.1 Å². The molecule has 94 valence electrons. The maximum absolute atomic E-state index is 13.4. The van der Waals surface area contributed by atoms with Gasteiger partial charge in [0.05, 0.1) is 5.02 Å². The van der Waals surface area contributed by atoms with Crippen LogP contribution in [-0.2, 0) is 6.42 Å². The number of nitrogens with one attached hydrogen (secondary N) is 1. The fraction of sp³-hybridized carbons (Fsp3) is 0.571. The molecular weight excluding hydrogens is 237 g/mol. The summed E-state index contributed by atoms with van der Waals surface area (Å²) in [6.07, 6.45) is 4.71. The van der Waals surface area contributed by atoms with Crippen LogP contribution in [0.4, 0.5) is 4.39 Å². The Balaban J connectivity index is 2.02. The van der Waals surface area contributed by atoms with E-state index in [-0.39, 0.29) is 10.8 Å². The maximum atomic E-state index is 13.4. The smallest absolute Gasteiger partial charge is 0.142 e. The predicted molar refractivity (Wildman–Crippen MR) is 69.9 cm³/mol. The minimum Gasteiger partial charge on any atom is -0.314 e. The molecule has 1 aromatic rings. The fourth-order valence-corrected chi connectivity index (χ4v) is 2.90. The Bertz CT molecular complexity index is 380. The largest absolute Gasteiger partial charge is 0.314 e. The Morgan fingerprint density at radius 2 is 2.24 bits per heavy atom. The molecule has 0 amide bonds. The third-order valence-corrected chi connectivity index (χ3v) is 3.91. The van der Waals surface area contributed by atoms with Crippen LogP contribution in [-0.4, -0.2) is 12.6 Å². The van der Waals surface area contributed by atoms with Gasteiger partial charge in [0.1, 0.15) is 5.82 Å². The zero-order chi connectivity index (χ0) is 12.3. The van der Waals surface area contributed by atoms with Crippen molar-refractivity contribution in [1.82, 2.24) is 5.32 Å². The second-order valence-corrected chi connectivity index (χ2v) is 5.21. The van der Waals surface area contributed by atoms with E-state index in [0.29, 0.717) is 12.0 Å². The summed E-state index contributed by atoms with van der Waals surface area (Å²) < 4.78 is 13.4. The number of rotatable bonds is 4. The van der Waals surface area contributed by atoms with Crippen LogP contribution < -0.4 is 5.32 Å². The molecule has 0 radical (unpaired) electrons. The highest BCUT2D eigenvalue weighted by Crippen LogP contribution is 2.29. The lowest BCUT2D eigenvalue weighted by atomic mass is 9.94. The average molecular weight is 256 g/mol. The molecule has 1 aliphatic rings. The van der Waals surface area contributed by atoms with Crippen molar-refractivity contribution in [3.05, 3.63) is 34.6 Å². The second-order valence-electron chi connectivity index (χ2n) is 4.81. The maximum Gasteiger partial charge on any atom is 0.142 e. The van der Waals surface area contributed by atoms with Crippen molar-refractivity contribution in [2.45, 2.75) is 38.6 Å². The van der Waals surface area contributed by atoms with Crippen molar-refractivity contribution in [3.63, 3.8) is 0 Å². The van der Waals surface area contributed by atoms with Crippen LogP contribution in [0.1, 0.15) is 31.7 Å². The highest BCUT2D eigenvalue weighted by molar-refractivity contribution is 6.30. The summed E-state index contributed by atoms with van der Waals surface area (Å²) in [6, 6.07) is 5.76. The van der Waals surface area contributed by atoms with Crippen LogP contribution in [0.15, 0.2) is 18.2 Å². The summed E-state index contributed by atoms with van der Waals surface area (Å²) in [5.74, 6) is 0.331. The molecule has 0 aromatic heterocycles. The Hall–Kier alpha value is -0.600. The summed E-state index contributed by atoms with van der Waals surface area (Å²) >= 11 is 5.69. The molecule has 2 unspecified atom stereocenters. The minimum absolute atomic E-state index is 0.211. The van der Waals surface area contributed by atoms with Crippen molar-refractivity contribution in [2.75, 3.05) is 6.54 Å². The monoisotopic (exact) mass is 255 g/mol. The number of hydrogen-bond donors (Lipinski definition) is 1. The molecule has 0 bridgehead atoms. The van der Waals surface area contributed by atoms with E-state index < -0.39 is 0 Å². The number of halogens is 2. The zero-order valence-corrected chi connectivity index (χ0v) is 10.9. The highest BCUT2D eigenvalue weighted by Gasteiger charge is 2.26. The zero-order valence-electron chi connectivity index (χ0n) is 10.2. The van der Waals surface area contributed by atoms with E-state index in [0.717, 1.165) is 18.5 Å². The first kappa shape index (κ1) is 12.8. The van der Waals surface area contributed by atoms with Crippen molar-refractivity contribution in [3.8, 4) is 0 Å². The topological polar surface area (TPSA) is 12.0 Å². The standard InChI is InChI=1S/C14H19ClFN/c1-2-17-14-5-3-4-11(14)8-10-6-7-12(15)13(16)9-10/h6-7,9,11,14,17H,2-5,8H2,1H3. The van der Waals surface area contributed by atoms with Gasteiger partial charge in [-0.3, -0.25) is 0 Å². The van der Waals surface area contributed by atoms with Gasteiger partial charge in [-0.15, -0.1) is 0 Å². The first-order valence-electron chi connectivity index (χ1n) is 6.38. The van der Waals surface area contributed by atoms with Gasteiger partial charge in [0.2, 0.25) is 0 Å². The molecule has 3 heteroatoms. The van der Waals surface area contributed by atoms with Crippen molar-refractivity contribution < 1.29 is 4.39 Å². The molecule has 1 N–H and O–H groups in total. The summed E-state index contributed by atoms with van der Waals surface area (Å²) in [4.78, 5) is 0. The summed E-state index contributed by atoms with van der Waals surface area (Å²) in [6.45, 7) is 3.15. The van der Waals surface area contributed by atoms with Gasteiger partial charge >= 0.3 is 0 Å². The van der Waals surface area contributed by atoms with Gasteiger partial charge in [-0.1, -0.05) is 31.0 Å². The molecule has 1 aliphatic carbocycles. The molecule has 17 heavy (non-hydrogen) atoms. The van der Waals surface area contributed by atoms with Gasteiger partial charge in [0.15, 0.2) is 0 Å². The van der Waals surface area contributed by atoms with E-state index in [9.17, 15) is 4.39 Å². The molecular formula is C14H19ClFN. The van der Waals surface area contributed by atoms with Crippen molar-refractivity contribution in [2.24, 2.45) is 5.92 Å². The van der Waals surface area contributed by atoms with Crippen LogP contribution in [0.5, 0.6) is 0 Å². The molecule has 1 aromatic carbocycles. The molecule has 1 nitrogen and oxygen atoms in total. The van der Waals surface area contributed by atoms with Crippen LogP contribution >= 0.6 is 11.6 Å². The van der Waals surface area contributed by atoms with Crippen LogP contribution in [0.3, 0.4) is 0 Å². The lowest BCUT2D eigenvalue weighted by Gasteiger charge is -2.20. The first-order valence-corrected chi connectivity index (χ1v) is 6.75. The molecule has 0 saturated heterocycles. The Labute approximate surface area is 107 Å². The predicted octanol–water partition coefficient (Wildman–Crippen LogP) is 3.80. The van der Waals surface area contributed by atoms with E-state index in [4.69, 9.17) is 11.6 Å². The summed E-state index contributed by atoms with van der Waals surface area (Å²) in [5, 5.41) is 3.73. The second kappa shape index (κ2) is 5.83. The van der Waals surface area contributed by atoms with Crippen LogP contribution in [0, 0.1) is 11.7 Å². The summed E-state index contributed by atoms with van der Waals surface area (Å²) in [7, 11) is 0. The van der Waals surface area contributed by atoms with Gasteiger partial charge in [-0.2, -0.15) is 0 Å². The quantitative estimate of drug-likeness (QED) is 0.863. The third-order valence-electron chi connectivity index (χ3n) is 3.61. The van der Waals surface area contributed by atoms with E-state index in [2.05, 4.69) is 12.2 Å². The Morgan fingerprint density at radius 3 is 2.94 bits per heavy atom. The normalized spacial score (nSPS) is 24.2. The van der Waals surface area contributed by atoms with Gasteiger partial charge in [-0.05, 0) is 49.4 Å². The van der Waals surface area contributed by atoms with Gasteiger partial charge in [0, 0.05) is 6.04 Å². The number of benzene rings is 1. The lowest BCUT2D eigenvalue weighted by Crippen LogP contribution is -2.33. The Morgan fingerprint density at radius 1 is 1.41 bits per heavy atom. The van der Waals surface area contributed by atoms with Gasteiger partial charge < -0.3 is 5.32 Å². The van der Waals surface area contributed by atoms with Crippen LogP contribution in [0.25, 0.3) is 0 Å². The molecule has 2 rings (SSSR count). The molecule has 0 aliphatic heterocycles. The first-order chi connectivity index (χ1) is 8.20. The molecule has 0 heterocycles. The SMILES string of the molecule is CCNC1CCCC1Cc1ccc(Cl)c(F)c1. The van der Waals surface area contributed by atoms with E-state index in [1.807, 2.05) is 6.07 Å². The van der Waals surface area contributed by atoms with Crippen LogP contribution in [0.2, 0.25) is 5.02 Å². The van der Waals surface area contributed by atoms with Crippen molar-refractivity contribution in [1.29, 1.82) is 0 Å². The summed E-state index contributed by atoms with van der Waals surface area (Å²) in [5.41, 5.74) is 1.06. The van der Waals surface area contributed by atoms with Crippen molar-refractivity contribution >= 4 is 11.6 Å². The van der Waals surface area contributed by atoms with E-state index >= 15 is 0 Å². The molecule has 2 atom stereocenters.